The summed E-state index contributed by atoms with van der Waals surface area (Å²) in [5, 5.41) is 36.9. The van der Waals surface area contributed by atoms with Gasteiger partial charge in [0, 0.05) is 45.0 Å². The summed E-state index contributed by atoms with van der Waals surface area (Å²) in [5.74, 6) is 3.98. The molecule has 7 aliphatic rings. The topological polar surface area (TPSA) is 210 Å². The van der Waals surface area contributed by atoms with E-state index < -0.39 is 34.0 Å². The van der Waals surface area contributed by atoms with Gasteiger partial charge in [-0.3, -0.25) is 14.4 Å². The normalized spacial score (nSPS) is 21.3. The van der Waals surface area contributed by atoms with Gasteiger partial charge in [0.25, 0.3) is 10.5 Å². The molecule has 0 aromatic heterocycles. The van der Waals surface area contributed by atoms with E-state index in [1.54, 1.807) is 60.7 Å². The fourth-order valence-electron chi connectivity index (χ4n) is 21.9. The van der Waals surface area contributed by atoms with E-state index in [-0.39, 0.29) is 27.0 Å². The van der Waals surface area contributed by atoms with Crippen molar-refractivity contribution in [3.05, 3.63) is 470 Å². The van der Waals surface area contributed by atoms with Crippen LogP contribution in [0.25, 0.3) is 5.57 Å². The Kier molecular flexibility index (Phi) is 41.3. The molecule has 7 aliphatic carbocycles. The Bertz CT molecular complexity index is 5770. The first-order valence-corrected chi connectivity index (χ1v) is 51.5. The molecule has 20 rings (SSSR count). The van der Waals surface area contributed by atoms with Crippen LogP contribution < -0.4 is 0 Å². The molecule has 1 atom stereocenters. The van der Waals surface area contributed by atoms with Gasteiger partial charge < -0.3 is 25.2 Å². The number of ether oxygens (including phenoxy) is 1. The fraction of sp³-hybridized carbons (Fsp3) is 0.315. The van der Waals surface area contributed by atoms with Gasteiger partial charge in [0.1, 0.15) is 5.78 Å². The van der Waals surface area contributed by atoms with E-state index in [1.165, 1.54) is 124 Å². The van der Waals surface area contributed by atoms with Crippen molar-refractivity contribution in [3.8, 4) is 0 Å². The predicted octanol–water partition coefficient (Wildman–Crippen LogP) is 32.3. The largest absolute Gasteiger partial charge is 0.478 e. The number of rotatable bonds is 19. The van der Waals surface area contributed by atoms with Gasteiger partial charge in [0.2, 0.25) is 0 Å². The molecular formula is C127H132Cl2O12W. The summed E-state index contributed by atoms with van der Waals surface area (Å²) >= 11 is 11.0. The molecule has 0 heterocycles. The molecule has 0 spiro atoms. The Morgan fingerprint density at radius 3 is 0.711 bits per heavy atom. The number of aromatic carboxylic acids is 3. The van der Waals surface area contributed by atoms with E-state index in [4.69, 9.17) is 43.3 Å². The molecule has 732 valence electrons. The summed E-state index contributed by atoms with van der Waals surface area (Å²) in [5.41, 5.74) is 20.8. The number of benzene rings is 13. The number of methoxy groups -OCH3 is 1. The number of carboxylic acid groups (broad SMARTS) is 3. The molecule has 6 fully saturated rings. The number of carbonyl (C=O) groups is 7. The van der Waals surface area contributed by atoms with Crippen molar-refractivity contribution in [1.29, 1.82) is 0 Å². The van der Waals surface area contributed by atoms with Crippen molar-refractivity contribution in [2.45, 2.75) is 244 Å². The third-order valence-corrected chi connectivity index (χ3v) is 30.8. The van der Waals surface area contributed by atoms with Crippen LogP contribution in [0.4, 0.5) is 0 Å². The Labute approximate surface area is 863 Å². The molecule has 0 amide bonds. The maximum Gasteiger partial charge on any atom is 0.337 e. The molecule has 0 bridgehead atoms. The summed E-state index contributed by atoms with van der Waals surface area (Å²) in [7, 11) is 1.39. The predicted molar refractivity (Wildman–Crippen MR) is 568 cm³/mol. The zero-order valence-corrected chi connectivity index (χ0v) is 85.7. The van der Waals surface area contributed by atoms with Crippen LogP contribution in [0.15, 0.2) is 364 Å². The van der Waals surface area contributed by atoms with E-state index in [1.807, 2.05) is 121 Å². The first-order chi connectivity index (χ1) is 68.7. The quantitative estimate of drug-likeness (QED) is 0.0440. The molecule has 12 nitrogen and oxygen atoms in total. The second kappa shape index (κ2) is 54.8. The minimum Gasteiger partial charge on any atom is -0.478 e. The van der Waals surface area contributed by atoms with E-state index in [2.05, 4.69) is 182 Å². The molecule has 0 radical (unpaired) electrons. The van der Waals surface area contributed by atoms with Crippen LogP contribution in [0.1, 0.15) is 373 Å². The van der Waals surface area contributed by atoms with Gasteiger partial charge in [0.15, 0.2) is 0 Å². The fourth-order valence-corrected chi connectivity index (χ4v) is 22.2. The van der Waals surface area contributed by atoms with Crippen LogP contribution in [-0.2, 0) is 36.2 Å². The first kappa shape index (κ1) is 107. The number of hydrogen-bond donors (Lipinski definition) is 4. The summed E-state index contributed by atoms with van der Waals surface area (Å²) < 4.78 is 4.73. The Morgan fingerprint density at radius 2 is 0.472 bits per heavy atom. The van der Waals surface area contributed by atoms with Crippen molar-refractivity contribution >= 4 is 68.9 Å². The van der Waals surface area contributed by atoms with Gasteiger partial charge in [-0.05, 0) is 400 Å². The maximum absolute atomic E-state index is 11.5. The Hall–Kier alpha value is -12.3. The minimum atomic E-state index is -0.893. The van der Waals surface area contributed by atoms with Gasteiger partial charge in [-0.1, -0.05) is 291 Å². The average molecular weight is 2110 g/mol. The van der Waals surface area contributed by atoms with Crippen LogP contribution in [0, 0.1) is 0 Å². The van der Waals surface area contributed by atoms with Crippen molar-refractivity contribution in [2.24, 2.45) is 0 Å². The number of aliphatic hydroxyl groups is 1. The van der Waals surface area contributed by atoms with Crippen molar-refractivity contribution in [3.63, 3.8) is 0 Å². The molecule has 142 heavy (non-hydrogen) atoms. The maximum atomic E-state index is 11.5. The number of carboxylic acids is 3. The molecule has 13 aromatic rings. The minimum absolute atomic E-state index is 0. The van der Waals surface area contributed by atoms with E-state index in [9.17, 15) is 38.7 Å². The third kappa shape index (κ3) is 31.4. The van der Waals surface area contributed by atoms with E-state index in [0.717, 1.165) is 146 Å². The van der Waals surface area contributed by atoms with Gasteiger partial charge >= 0.3 is 23.9 Å². The van der Waals surface area contributed by atoms with E-state index in [0.29, 0.717) is 92.4 Å². The number of hydrogen-bond acceptors (Lipinski definition) is 9. The number of allylic oxidation sites excluding steroid dienone is 2. The van der Waals surface area contributed by atoms with Crippen LogP contribution in [0.2, 0.25) is 0 Å². The van der Waals surface area contributed by atoms with Crippen molar-refractivity contribution in [2.75, 3.05) is 7.11 Å². The third-order valence-electron chi connectivity index (χ3n) is 30.4. The Balaban J connectivity index is 0.000000140. The standard InChI is InChI=1S/C21H22O4.C20H18Cl2O2.C20H20O4.C18H20O.C18H20.C18H18.C12H14O.W/c1-25-21(24)19-12-8-17(9-13-19)15-4-2-14(3-5-15)16-6-10-18(11-7-16)20(22)23;21-19(23)17-9-5-15(6-10-17)13-1-2-14(4-3-13)16-7-11-18(12-8-16)20(22)24;21-19(22)17-9-5-15(6-10-17)13-1-2-14(4-3-13)16-7-11-18(12-8-16)20(23)24;19-18(17-9-5-2-6-10-17)13-11-16(12-14-18)15-7-3-1-4-8-15;2*1-3-7-15(8-4-1)17-11-13-18(14-12-17)16-9-5-2-6-10-16;13-12-8-6-11(7-9-12)10-4-2-1-3-5-10;/h6-15H,2-5H2,1H3,(H,22,23);5-14H,1-4H2;5-14H,1-4H2,(H,21,22)(H,23,24);1-10,16,19H,11-14H2;1-10,17-18H,11-14H2;1-11,18H,12-14H2;1-5,11H,6-9H2;. The SMILES string of the molecule is C1=C(c2ccccc2)CCC(c2ccccc2)C1.COC(=O)c1ccc(C2CCC(c3ccc(C(=O)O)cc3)CC2)cc1.O=C(Cl)c1ccc(C2CCC(c3ccc(C(=O)Cl)cc3)CC2)cc1.O=C(O)c1ccc(C2CCC(c3ccc(C(=O)O)cc3)CC2)cc1.O=C1CCC(c2ccccc2)CC1.OC1(c2ccccc2)CCC(c2ccccc2)CC1.[W].c1ccc(C2CCC(c3ccccc3)CC2)cc1. The van der Waals surface area contributed by atoms with Crippen LogP contribution in [0.5, 0.6) is 0 Å². The van der Waals surface area contributed by atoms with Gasteiger partial charge in [-0.2, -0.15) is 0 Å². The van der Waals surface area contributed by atoms with Gasteiger partial charge in [-0.15, -0.1) is 0 Å². The number of Topliss-reactive ketones (excluding diaryl/α,β-unsaturated/α-hetero) is 1. The monoisotopic (exact) mass is 2100 g/mol. The second-order valence-electron chi connectivity index (χ2n) is 39.0. The molecular weight excluding hydrogens is 1970 g/mol. The first-order valence-electron chi connectivity index (χ1n) is 50.7. The molecule has 0 aliphatic heterocycles. The molecule has 15 heteroatoms. The smallest absolute Gasteiger partial charge is 0.337 e. The molecule has 13 aromatic carbocycles. The summed E-state index contributed by atoms with van der Waals surface area (Å²) in [4.78, 5) is 77.6. The second-order valence-corrected chi connectivity index (χ2v) is 39.7. The van der Waals surface area contributed by atoms with Crippen molar-refractivity contribution in [1.82, 2.24) is 0 Å². The van der Waals surface area contributed by atoms with Crippen molar-refractivity contribution < 1.29 is 79.8 Å². The summed E-state index contributed by atoms with van der Waals surface area (Å²) in [6.07, 6.45) is 32.0. The zero-order chi connectivity index (χ0) is 98.7. The summed E-state index contributed by atoms with van der Waals surface area (Å²) in [6.45, 7) is 0. The molecule has 1 unspecified atom stereocenters. The number of carbonyl (C=O) groups excluding carboxylic acids is 4. The van der Waals surface area contributed by atoms with Crippen LogP contribution in [0.3, 0.4) is 0 Å². The molecule has 4 N–H and O–H groups in total. The zero-order valence-electron chi connectivity index (χ0n) is 81.3. The number of ketones is 1. The van der Waals surface area contributed by atoms with Crippen LogP contribution in [-0.4, -0.2) is 67.7 Å². The van der Waals surface area contributed by atoms with Crippen LogP contribution >= 0.6 is 23.2 Å². The molecule has 0 saturated heterocycles. The van der Waals surface area contributed by atoms with Gasteiger partial charge in [0.05, 0.1) is 35.0 Å². The van der Waals surface area contributed by atoms with E-state index >= 15 is 0 Å². The van der Waals surface area contributed by atoms with Gasteiger partial charge in [-0.25, -0.2) is 19.2 Å². The Morgan fingerprint density at radius 1 is 0.261 bits per heavy atom. The molecule has 6 saturated carbocycles. The average Bonchev–Trinajstić information content (AvgIpc) is 0.805. The number of halogens is 2. The number of esters is 1. The summed E-state index contributed by atoms with van der Waals surface area (Å²) in [6, 6.07) is 120.